The van der Waals surface area contributed by atoms with Crippen molar-refractivity contribution < 1.29 is 14.6 Å². The molecule has 0 aliphatic carbocycles. The first-order valence-electron chi connectivity index (χ1n) is 6.71. The number of carboxylic acid groups (broad SMARTS) is 1. The first-order chi connectivity index (χ1) is 10.2. The van der Waals surface area contributed by atoms with Gasteiger partial charge in [0.15, 0.2) is 0 Å². The molecule has 3 rings (SSSR count). The van der Waals surface area contributed by atoms with Crippen LogP contribution >= 0.6 is 0 Å². The third-order valence-corrected chi connectivity index (χ3v) is 3.24. The first kappa shape index (κ1) is 13.2. The number of carbonyl (C=O) groups is 1. The topological polar surface area (TPSA) is 62.3 Å². The number of rotatable bonds is 5. The molecule has 0 amide bonds. The Morgan fingerprint density at radius 2 is 1.90 bits per heavy atom. The molecule has 0 aliphatic heterocycles. The van der Waals surface area contributed by atoms with E-state index in [-0.39, 0.29) is 6.42 Å². The van der Waals surface area contributed by atoms with Crippen molar-refractivity contribution in [1.29, 1.82) is 0 Å². The molecule has 1 heterocycles. The van der Waals surface area contributed by atoms with E-state index in [1.807, 2.05) is 54.6 Å². The normalized spacial score (nSPS) is 10.7. The number of fused-ring (bicyclic) bond motifs is 1. The van der Waals surface area contributed by atoms with E-state index in [2.05, 4.69) is 4.98 Å². The number of aromatic nitrogens is 1. The second kappa shape index (κ2) is 5.71. The Morgan fingerprint density at radius 3 is 2.67 bits per heavy atom. The molecule has 0 spiro atoms. The lowest BCUT2D eigenvalue weighted by Crippen LogP contribution is -1.99. The maximum Gasteiger partial charge on any atom is 0.309 e. The Bertz CT molecular complexity index is 762. The van der Waals surface area contributed by atoms with E-state index < -0.39 is 5.97 Å². The van der Waals surface area contributed by atoms with Crippen molar-refractivity contribution in [3.05, 3.63) is 65.9 Å². The largest absolute Gasteiger partial charge is 0.489 e. The van der Waals surface area contributed by atoms with E-state index in [1.165, 1.54) is 0 Å². The summed E-state index contributed by atoms with van der Waals surface area (Å²) in [5.74, 6) is -0.0859. The van der Waals surface area contributed by atoms with Gasteiger partial charge >= 0.3 is 5.97 Å². The lowest BCUT2D eigenvalue weighted by molar-refractivity contribution is -0.136. The average Bonchev–Trinajstić information content (AvgIpc) is 2.86. The predicted octanol–water partition coefficient (Wildman–Crippen LogP) is 3.37. The SMILES string of the molecule is O=C(O)Cc1cc2ccc(OCc3ccccc3)cc2[nH]1. The van der Waals surface area contributed by atoms with Crippen molar-refractivity contribution in [1.82, 2.24) is 4.98 Å². The van der Waals surface area contributed by atoms with E-state index in [4.69, 9.17) is 9.84 Å². The molecule has 0 atom stereocenters. The maximum absolute atomic E-state index is 10.7. The molecule has 2 N–H and O–H groups in total. The van der Waals surface area contributed by atoms with E-state index in [0.29, 0.717) is 12.3 Å². The molecule has 0 bridgehead atoms. The fraction of sp³-hybridized carbons (Fsp3) is 0.118. The zero-order valence-electron chi connectivity index (χ0n) is 11.4. The van der Waals surface area contributed by atoms with Crippen LogP contribution in [0, 0.1) is 0 Å². The highest BCUT2D eigenvalue weighted by atomic mass is 16.5. The van der Waals surface area contributed by atoms with Crippen LogP contribution in [0.1, 0.15) is 11.3 Å². The van der Waals surface area contributed by atoms with E-state index in [0.717, 1.165) is 22.2 Å². The van der Waals surface area contributed by atoms with Crippen molar-refractivity contribution in [3.8, 4) is 5.75 Å². The molecule has 0 unspecified atom stereocenters. The van der Waals surface area contributed by atoms with Crippen LogP contribution in [0.25, 0.3) is 10.9 Å². The number of nitrogens with one attached hydrogen (secondary N) is 1. The predicted molar refractivity (Wildman–Crippen MR) is 80.4 cm³/mol. The quantitative estimate of drug-likeness (QED) is 0.753. The molecule has 4 heteroatoms. The molecule has 21 heavy (non-hydrogen) atoms. The molecule has 0 saturated heterocycles. The van der Waals surface area contributed by atoms with Gasteiger partial charge in [-0.3, -0.25) is 4.79 Å². The Kier molecular flexibility index (Phi) is 3.60. The number of aromatic amines is 1. The van der Waals surface area contributed by atoms with Crippen molar-refractivity contribution in [2.24, 2.45) is 0 Å². The summed E-state index contributed by atoms with van der Waals surface area (Å²) in [7, 11) is 0. The molecule has 2 aromatic carbocycles. The summed E-state index contributed by atoms with van der Waals surface area (Å²) in [4.78, 5) is 13.8. The zero-order valence-corrected chi connectivity index (χ0v) is 11.4. The van der Waals surface area contributed by atoms with Crippen LogP contribution in [0.3, 0.4) is 0 Å². The van der Waals surface area contributed by atoms with Crippen LogP contribution in [-0.2, 0) is 17.8 Å². The number of ether oxygens (including phenoxy) is 1. The number of H-pyrrole nitrogens is 1. The van der Waals surface area contributed by atoms with Gasteiger partial charge in [0.2, 0.25) is 0 Å². The van der Waals surface area contributed by atoms with Gasteiger partial charge in [0.05, 0.1) is 6.42 Å². The molecular weight excluding hydrogens is 266 g/mol. The Morgan fingerprint density at radius 1 is 1.10 bits per heavy atom. The number of carboxylic acids is 1. The van der Waals surface area contributed by atoms with Crippen molar-refractivity contribution in [2.75, 3.05) is 0 Å². The number of hydrogen-bond donors (Lipinski definition) is 2. The summed E-state index contributed by atoms with van der Waals surface area (Å²) >= 11 is 0. The Labute approximate surface area is 122 Å². The van der Waals surface area contributed by atoms with Gasteiger partial charge in [-0.2, -0.15) is 0 Å². The van der Waals surface area contributed by atoms with Crippen LogP contribution in [0.15, 0.2) is 54.6 Å². The molecular formula is C17H15NO3. The number of aliphatic carboxylic acids is 1. The Balaban J connectivity index is 1.76. The van der Waals surface area contributed by atoms with Crippen LogP contribution < -0.4 is 4.74 Å². The monoisotopic (exact) mass is 281 g/mol. The van der Waals surface area contributed by atoms with Gasteiger partial charge in [-0.25, -0.2) is 0 Å². The summed E-state index contributed by atoms with van der Waals surface area (Å²) in [6, 6.07) is 17.5. The highest BCUT2D eigenvalue weighted by Crippen LogP contribution is 2.22. The minimum absolute atomic E-state index is 0.00507. The van der Waals surface area contributed by atoms with E-state index >= 15 is 0 Å². The summed E-state index contributed by atoms with van der Waals surface area (Å²) in [5, 5.41) is 9.80. The van der Waals surface area contributed by atoms with E-state index in [1.54, 1.807) is 0 Å². The second-order valence-corrected chi connectivity index (χ2v) is 4.89. The molecule has 1 aromatic heterocycles. The Hall–Kier alpha value is -2.75. The van der Waals surface area contributed by atoms with Crippen molar-refractivity contribution >= 4 is 16.9 Å². The summed E-state index contributed by atoms with van der Waals surface area (Å²) in [6.45, 7) is 0.509. The minimum atomic E-state index is -0.845. The third kappa shape index (κ3) is 3.23. The smallest absolute Gasteiger partial charge is 0.309 e. The van der Waals surface area contributed by atoms with E-state index in [9.17, 15) is 4.79 Å². The first-order valence-corrected chi connectivity index (χ1v) is 6.71. The van der Waals surface area contributed by atoms with Crippen LogP contribution in [0.4, 0.5) is 0 Å². The maximum atomic E-state index is 10.7. The van der Waals surface area contributed by atoms with Crippen LogP contribution in [0.2, 0.25) is 0 Å². The lowest BCUT2D eigenvalue weighted by Gasteiger charge is -2.06. The number of hydrogen-bond acceptors (Lipinski definition) is 2. The van der Waals surface area contributed by atoms with Gasteiger partial charge < -0.3 is 14.8 Å². The van der Waals surface area contributed by atoms with Crippen molar-refractivity contribution in [2.45, 2.75) is 13.0 Å². The summed E-state index contributed by atoms with van der Waals surface area (Å²) in [6.07, 6.45) is -0.00507. The van der Waals surface area contributed by atoms with Crippen LogP contribution in [0.5, 0.6) is 5.75 Å². The highest BCUT2D eigenvalue weighted by Gasteiger charge is 2.06. The molecule has 0 radical (unpaired) electrons. The number of benzene rings is 2. The van der Waals surface area contributed by atoms with Gasteiger partial charge in [0, 0.05) is 17.3 Å². The molecule has 106 valence electrons. The lowest BCUT2D eigenvalue weighted by atomic mass is 10.2. The average molecular weight is 281 g/mol. The standard InChI is InChI=1S/C17H15NO3/c19-17(20)9-14-8-13-6-7-15(10-16(13)18-14)21-11-12-4-2-1-3-5-12/h1-8,10,18H,9,11H2,(H,19,20). The fourth-order valence-electron chi connectivity index (χ4n) is 2.26. The summed E-state index contributed by atoms with van der Waals surface area (Å²) < 4.78 is 5.75. The fourth-order valence-corrected chi connectivity index (χ4v) is 2.26. The molecule has 0 fully saturated rings. The van der Waals surface area contributed by atoms with Gasteiger partial charge in [0.1, 0.15) is 12.4 Å². The van der Waals surface area contributed by atoms with Gasteiger partial charge in [0.25, 0.3) is 0 Å². The molecule has 3 aromatic rings. The molecule has 0 saturated carbocycles. The molecule has 4 nitrogen and oxygen atoms in total. The minimum Gasteiger partial charge on any atom is -0.489 e. The van der Waals surface area contributed by atoms with Crippen molar-refractivity contribution in [3.63, 3.8) is 0 Å². The highest BCUT2D eigenvalue weighted by molar-refractivity contribution is 5.83. The van der Waals surface area contributed by atoms with Crippen LogP contribution in [-0.4, -0.2) is 16.1 Å². The molecule has 0 aliphatic rings. The second-order valence-electron chi connectivity index (χ2n) is 4.89. The van der Waals surface area contributed by atoms with Gasteiger partial charge in [-0.15, -0.1) is 0 Å². The van der Waals surface area contributed by atoms with Gasteiger partial charge in [-0.05, 0) is 29.1 Å². The van der Waals surface area contributed by atoms with Gasteiger partial charge in [-0.1, -0.05) is 30.3 Å². The third-order valence-electron chi connectivity index (χ3n) is 3.24. The summed E-state index contributed by atoms with van der Waals surface area (Å²) in [5.41, 5.74) is 2.69. The zero-order chi connectivity index (χ0) is 14.7.